The molecule has 1 aromatic rings. The van der Waals surface area contributed by atoms with Crippen LogP contribution in [0, 0.1) is 5.82 Å². The van der Waals surface area contributed by atoms with Crippen LogP contribution in [0.15, 0.2) is 18.2 Å². The molecule has 1 aliphatic heterocycles. The molecule has 1 aromatic carbocycles. The maximum atomic E-state index is 14.3. The van der Waals surface area contributed by atoms with E-state index in [-0.39, 0.29) is 5.82 Å². The van der Waals surface area contributed by atoms with Crippen LogP contribution in [0.1, 0.15) is 32.3 Å². The monoisotopic (exact) mass is 280 g/mol. The number of hydrogen-bond acceptors (Lipinski definition) is 3. The molecule has 0 saturated carbocycles. The number of nitrogens with zero attached hydrogens (tertiary/aromatic N) is 1. The Morgan fingerprint density at radius 3 is 2.80 bits per heavy atom. The summed E-state index contributed by atoms with van der Waals surface area (Å²) in [7, 11) is 1.51. The molecule has 2 rings (SSSR count). The van der Waals surface area contributed by atoms with Gasteiger partial charge in [0.2, 0.25) is 0 Å². The smallest absolute Gasteiger partial charge is 0.169 e. The van der Waals surface area contributed by atoms with Crippen LogP contribution in [-0.4, -0.2) is 37.2 Å². The summed E-state index contributed by atoms with van der Waals surface area (Å²) in [5.74, 6) is 0.106. The zero-order chi connectivity index (χ0) is 14.5. The first-order valence-corrected chi connectivity index (χ1v) is 7.48. The number of ether oxygens (including phenoxy) is 1. The van der Waals surface area contributed by atoms with Crippen molar-refractivity contribution in [3.05, 3.63) is 29.6 Å². The van der Waals surface area contributed by atoms with Crippen LogP contribution < -0.4 is 10.1 Å². The molecule has 4 heteroatoms. The Balaban J connectivity index is 2.14. The number of benzene rings is 1. The number of rotatable bonds is 5. The fraction of sp³-hybridized carbons (Fsp3) is 0.625. The van der Waals surface area contributed by atoms with Crippen LogP contribution >= 0.6 is 0 Å². The second-order valence-electron chi connectivity index (χ2n) is 5.44. The molecule has 0 bridgehead atoms. The van der Waals surface area contributed by atoms with E-state index in [1.807, 2.05) is 12.1 Å². The van der Waals surface area contributed by atoms with Gasteiger partial charge in [0.15, 0.2) is 11.6 Å². The van der Waals surface area contributed by atoms with Crippen molar-refractivity contribution in [2.45, 2.75) is 45.3 Å². The normalized spacial score (nSPS) is 23.8. The van der Waals surface area contributed by atoms with E-state index in [2.05, 4.69) is 24.1 Å². The molecule has 3 nitrogen and oxygen atoms in total. The number of methoxy groups -OCH3 is 1. The Morgan fingerprint density at radius 1 is 1.35 bits per heavy atom. The van der Waals surface area contributed by atoms with Crippen molar-refractivity contribution in [2.24, 2.45) is 0 Å². The number of piperazine rings is 1. The molecule has 1 heterocycles. The summed E-state index contributed by atoms with van der Waals surface area (Å²) < 4.78 is 19.3. The lowest BCUT2D eigenvalue weighted by Gasteiger charge is -2.40. The first-order chi connectivity index (χ1) is 9.69. The predicted octanol–water partition coefficient (Wildman–Crippen LogP) is 2.80. The van der Waals surface area contributed by atoms with Crippen LogP contribution in [0.3, 0.4) is 0 Å². The minimum atomic E-state index is -0.226. The number of nitrogens with one attached hydrogen (secondary N) is 1. The van der Waals surface area contributed by atoms with Gasteiger partial charge in [-0.15, -0.1) is 0 Å². The molecule has 0 aliphatic carbocycles. The summed E-state index contributed by atoms with van der Waals surface area (Å²) in [4.78, 5) is 2.39. The lowest BCUT2D eigenvalue weighted by Crippen LogP contribution is -2.55. The Morgan fingerprint density at radius 2 is 2.15 bits per heavy atom. The van der Waals surface area contributed by atoms with E-state index in [0.717, 1.165) is 31.5 Å². The van der Waals surface area contributed by atoms with Gasteiger partial charge in [-0.1, -0.05) is 26.0 Å². The van der Waals surface area contributed by atoms with Gasteiger partial charge < -0.3 is 10.1 Å². The van der Waals surface area contributed by atoms with Gasteiger partial charge in [-0.2, -0.15) is 0 Å². The summed E-state index contributed by atoms with van der Waals surface area (Å²) in [6.45, 7) is 6.99. The fourth-order valence-corrected chi connectivity index (χ4v) is 2.85. The van der Waals surface area contributed by atoms with Crippen molar-refractivity contribution in [3.8, 4) is 5.75 Å². The zero-order valence-electron chi connectivity index (χ0n) is 12.7. The largest absolute Gasteiger partial charge is 0.494 e. The van der Waals surface area contributed by atoms with Crippen molar-refractivity contribution in [2.75, 3.05) is 20.2 Å². The van der Waals surface area contributed by atoms with Crippen molar-refractivity contribution in [1.29, 1.82) is 0 Å². The van der Waals surface area contributed by atoms with Crippen molar-refractivity contribution in [1.82, 2.24) is 10.2 Å². The summed E-state index contributed by atoms with van der Waals surface area (Å²) in [5.41, 5.74) is 0.722. The Hall–Kier alpha value is -1.13. The van der Waals surface area contributed by atoms with Crippen molar-refractivity contribution >= 4 is 0 Å². The lowest BCUT2D eigenvalue weighted by atomic mass is 10.0. The van der Waals surface area contributed by atoms with Crippen LogP contribution in [0.25, 0.3) is 0 Å². The van der Waals surface area contributed by atoms with Gasteiger partial charge in [0.25, 0.3) is 0 Å². The highest BCUT2D eigenvalue weighted by Crippen LogP contribution is 2.23. The quantitative estimate of drug-likeness (QED) is 0.897. The van der Waals surface area contributed by atoms with Crippen molar-refractivity contribution < 1.29 is 9.13 Å². The Bertz CT molecular complexity index is 438. The van der Waals surface area contributed by atoms with E-state index >= 15 is 0 Å². The molecule has 0 radical (unpaired) electrons. The SMILES string of the molecule is CCC1CN(Cc2cccc(OC)c2F)C(CC)CN1. The second-order valence-corrected chi connectivity index (χ2v) is 5.44. The highest BCUT2D eigenvalue weighted by molar-refractivity contribution is 5.31. The van der Waals surface area contributed by atoms with Gasteiger partial charge in [-0.25, -0.2) is 4.39 Å². The third-order valence-electron chi connectivity index (χ3n) is 4.21. The minimum Gasteiger partial charge on any atom is -0.494 e. The van der Waals surface area contributed by atoms with E-state index in [9.17, 15) is 4.39 Å². The first kappa shape index (κ1) is 15.3. The standard InChI is InChI=1S/C16H25FN2O/c1-4-13-11-19(14(5-2)9-18-13)10-12-7-6-8-15(20-3)16(12)17/h6-8,13-14,18H,4-5,9-11H2,1-3H3. The molecule has 1 aliphatic rings. The average molecular weight is 280 g/mol. The van der Waals surface area contributed by atoms with Crippen LogP contribution in [0.4, 0.5) is 4.39 Å². The van der Waals surface area contributed by atoms with Gasteiger partial charge in [-0.3, -0.25) is 4.90 Å². The van der Waals surface area contributed by atoms with Gasteiger partial charge in [0.05, 0.1) is 7.11 Å². The van der Waals surface area contributed by atoms with Gasteiger partial charge in [0, 0.05) is 37.3 Å². The number of hydrogen-bond donors (Lipinski definition) is 1. The van der Waals surface area contributed by atoms with E-state index in [1.165, 1.54) is 7.11 Å². The summed E-state index contributed by atoms with van der Waals surface area (Å²) in [6.07, 6.45) is 2.18. The average Bonchev–Trinajstić information content (AvgIpc) is 2.49. The topological polar surface area (TPSA) is 24.5 Å². The van der Waals surface area contributed by atoms with E-state index in [0.29, 0.717) is 24.4 Å². The molecule has 20 heavy (non-hydrogen) atoms. The van der Waals surface area contributed by atoms with Gasteiger partial charge >= 0.3 is 0 Å². The summed E-state index contributed by atoms with van der Waals surface area (Å²) >= 11 is 0. The fourth-order valence-electron chi connectivity index (χ4n) is 2.85. The third-order valence-corrected chi connectivity index (χ3v) is 4.21. The van der Waals surface area contributed by atoms with Crippen molar-refractivity contribution in [3.63, 3.8) is 0 Å². The summed E-state index contributed by atoms with van der Waals surface area (Å²) in [6, 6.07) is 6.36. The van der Waals surface area contributed by atoms with Gasteiger partial charge in [0.1, 0.15) is 0 Å². The molecule has 1 N–H and O–H groups in total. The lowest BCUT2D eigenvalue weighted by molar-refractivity contribution is 0.116. The van der Waals surface area contributed by atoms with Crippen LogP contribution in [0.5, 0.6) is 5.75 Å². The maximum absolute atomic E-state index is 14.3. The molecule has 1 saturated heterocycles. The molecule has 0 amide bonds. The van der Waals surface area contributed by atoms with E-state index in [4.69, 9.17) is 4.74 Å². The number of halogens is 1. The van der Waals surface area contributed by atoms with Crippen LogP contribution in [0.2, 0.25) is 0 Å². The molecule has 0 aromatic heterocycles. The molecule has 1 fully saturated rings. The van der Waals surface area contributed by atoms with E-state index < -0.39 is 0 Å². The highest BCUT2D eigenvalue weighted by atomic mass is 19.1. The van der Waals surface area contributed by atoms with Crippen LogP contribution in [-0.2, 0) is 6.54 Å². The zero-order valence-corrected chi connectivity index (χ0v) is 12.7. The highest BCUT2D eigenvalue weighted by Gasteiger charge is 2.26. The Labute approximate surface area is 121 Å². The molecule has 0 spiro atoms. The van der Waals surface area contributed by atoms with Gasteiger partial charge in [-0.05, 0) is 18.9 Å². The third kappa shape index (κ3) is 3.30. The molecular formula is C16H25FN2O. The summed E-state index contributed by atoms with van der Waals surface area (Å²) in [5, 5.41) is 3.56. The maximum Gasteiger partial charge on any atom is 0.169 e. The molecular weight excluding hydrogens is 255 g/mol. The second kappa shape index (κ2) is 7.04. The molecule has 2 unspecified atom stereocenters. The molecule has 2 atom stereocenters. The van der Waals surface area contributed by atoms with E-state index in [1.54, 1.807) is 6.07 Å². The minimum absolute atomic E-state index is 0.226. The first-order valence-electron chi connectivity index (χ1n) is 7.48. The Kier molecular flexibility index (Phi) is 5.38. The molecule has 112 valence electrons. The predicted molar refractivity (Wildman–Crippen MR) is 79.5 cm³/mol.